The van der Waals surface area contributed by atoms with Crippen molar-refractivity contribution in [1.82, 2.24) is 4.98 Å². The van der Waals surface area contributed by atoms with E-state index in [0.717, 1.165) is 23.8 Å². The van der Waals surface area contributed by atoms with E-state index in [1.807, 2.05) is 13.0 Å². The van der Waals surface area contributed by atoms with Gasteiger partial charge >= 0.3 is 0 Å². The summed E-state index contributed by atoms with van der Waals surface area (Å²) < 4.78 is 26.9. The molecule has 114 valence electrons. The second kappa shape index (κ2) is 5.71. The zero-order valence-corrected chi connectivity index (χ0v) is 12.1. The zero-order chi connectivity index (χ0) is 15.7. The number of halogens is 2. The molecule has 0 saturated carbocycles. The average Bonchev–Trinajstić information content (AvgIpc) is 2.50. The average molecular weight is 303 g/mol. The van der Waals surface area contributed by atoms with Gasteiger partial charge in [0.25, 0.3) is 0 Å². The molecule has 1 N–H and O–H groups in total. The molecule has 1 aliphatic rings. The highest BCUT2D eigenvalue weighted by Gasteiger charge is 2.24. The number of aromatic nitrogens is 1. The Bertz CT molecular complexity index is 733. The maximum absolute atomic E-state index is 13.7. The molecule has 0 fully saturated rings. The smallest absolute Gasteiger partial charge is 0.231 e. The first-order valence-electron chi connectivity index (χ1n) is 6.99. The van der Waals surface area contributed by atoms with Crippen molar-refractivity contribution < 1.29 is 13.6 Å². The maximum atomic E-state index is 13.7. The van der Waals surface area contributed by atoms with E-state index >= 15 is 0 Å². The van der Waals surface area contributed by atoms with E-state index in [4.69, 9.17) is 0 Å². The minimum absolute atomic E-state index is 0.0608. The molecule has 1 aromatic carbocycles. The number of carbonyl (C=O) groups excluding carboxylic acids is 1. The Morgan fingerprint density at radius 2 is 2.18 bits per heavy atom. The standard InChI is InChI=1S/C16H15F2N3O/c1-10-6-14-16(20-9-10)19-4-5-21(14)15(22)8-11-7-12(17)2-3-13(11)18/h2-3,6-7,9H,4-5,8H2,1H3,(H,19,20). The number of aryl methyl sites for hydroxylation is 1. The number of nitrogens with one attached hydrogen (secondary N) is 1. The molecule has 0 radical (unpaired) electrons. The molecule has 2 heterocycles. The summed E-state index contributed by atoms with van der Waals surface area (Å²) in [5.74, 6) is -0.778. The van der Waals surface area contributed by atoms with Crippen LogP contribution in [0.1, 0.15) is 11.1 Å². The van der Waals surface area contributed by atoms with Gasteiger partial charge in [-0.2, -0.15) is 0 Å². The van der Waals surface area contributed by atoms with Crippen LogP contribution in [0.15, 0.2) is 30.5 Å². The minimum atomic E-state index is -0.576. The molecule has 0 saturated heterocycles. The van der Waals surface area contributed by atoms with E-state index in [-0.39, 0.29) is 17.9 Å². The predicted octanol–water partition coefficient (Wildman–Crippen LogP) is 2.67. The Labute approximate surface area is 126 Å². The fraction of sp³-hybridized carbons (Fsp3) is 0.250. The van der Waals surface area contributed by atoms with E-state index in [0.29, 0.717) is 24.6 Å². The maximum Gasteiger partial charge on any atom is 0.231 e. The van der Waals surface area contributed by atoms with E-state index in [2.05, 4.69) is 10.3 Å². The number of amides is 1. The molecule has 22 heavy (non-hydrogen) atoms. The quantitative estimate of drug-likeness (QED) is 0.928. The highest BCUT2D eigenvalue weighted by atomic mass is 19.1. The normalized spacial score (nSPS) is 13.5. The zero-order valence-electron chi connectivity index (χ0n) is 12.1. The van der Waals surface area contributed by atoms with Crippen LogP contribution >= 0.6 is 0 Å². The molecule has 2 aromatic rings. The molecular formula is C16H15F2N3O. The molecule has 4 nitrogen and oxygen atoms in total. The minimum Gasteiger partial charge on any atom is -0.367 e. The lowest BCUT2D eigenvalue weighted by Crippen LogP contribution is -2.40. The number of carbonyl (C=O) groups is 1. The Kier molecular flexibility index (Phi) is 3.75. The summed E-state index contributed by atoms with van der Waals surface area (Å²) in [5.41, 5.74) is 1.66. The summed E-state index contributed by atoms with van der Waals surface area (Å²) in [6, 6.07) is 4.99. The van der Waals surface area contributed by atoms with E-state index in [9.17, 15) is 13.6 Å². The van der Waals surface area contributed by atoms with Crippen molar-refractivity contribution in [2.24, 2.45) is 0 Å². The molecule has 0 atom stereocenters. The summed E-state index contributed by atoms with van der Waals surface area (Å²) in [7, 11) is 0. The third-order valence-corrected chi connectivity index (χ3v) is 3.57. The van der Waals surface area contributed by atoms with Crippen LogP contribution in [0.4, 0.5) is 20.3 Å². The summed E-state index contributed by atoms with van der Waals surface area (Å²) in [6.07, 6.45) is 1.53. The second-order valence-electron chi connectivity index (χ2n) is 5.27. The van der Waals surface area contributed by atoms with E-state index in [1.54, 1.807) is 11.1 Å². The Morgan fingerprint density at radius 1 is 1.36 bits per heavy atom. The Balaban J connectivity index is 1.88. The number of nitrogens with zero attached hydrogens (tertiary/aromatic N) is 2. The van der Waals surface area contributed by atoms with Crippen LogP contribution in [0.25, 0.3) is 0 Å². The van der Waals surface area contributed by atoms with Crippen LogP contribution in [-0.4, -0.2) is 24.0 Å². The summed E-state index contributed by atoms with van der Waals surface area (Å²) in [4.78, 5) is 18.3. The van der Waals surface area contributed by atoms with Crippen molar-refractivity contribution in [3.63, 3.8) is 0 Å². The van der Waals surface area contributed by atoms with Crippen molar-refractivity contribution in [2.45, 2.75) is 13.3 Å². The second-order valence-corrected chi connectivity index (χ2v) is 5.27. The molecule has 1 aromatic heterocycles. The fourth-order valence-electron chi connectivity index (χ4n) is 2.50. The van der Waals surface area contributed by atoms with Gasteiger partial charge in [-0.15, -0.1) is 0 Å². The molecule has 3 rings (SSSR count). The third-order valence-electron chi connectivity index (χ3n) is 3.57. The first kappa shape index (κ1) is 14.4. The molecule has 0 unspecified atom stereocenters. The van der Waals surface area contributed by atoms with Gasteiger partial charge in [0, 0.05) is 24.8 Å². The summed E-state index contributed by atoms with van der Waals surface area (Å²) in [6.45, 7) is 2.92. The van der Waals surface area contributed by atoms with Gasteiger partial charge in [0.2, 0.25) is 5.91 Å². The lowest BCUT2D eigenvalue weighted by atomic mass is 10.1. The van der Waals surface area contributed by atoms with Gasteiger partial charge in [0.1, 0.15) is 17.5 Å². The number of anilines is 2. The van der Waals surface area contributed by atoms with Crippen LogP contribution < -0.4 is 10.2 Å². The van der Waals surface area contributed by atoms with Crippen LogP contribution in [0.3, 0.4) is 0 Å². The van der Waals surface area contributed by atoms with Crippen molar-refractivity contribution in [2.75, 3.05) is 23.3 Å². The van der Waals surface area contributed by atoms with Gasteiger partial charge in [-0.3, -0.25) is 4.79 Å². The molecule has 6 heteroatoms. The molecule has 0 aliphatic carbocycles. The number of hydrogen-bond donors (Lipinski definition) is 1. The third kappa shape index (κ3) is 2.77. The topological polar surface area (TPSA) is 45.2 Å². The van der Waals surface area contributed by atoms with Crippen molar-refractivity contribution in [3.8, 4) is 0 Å². The largest absolute Gasteiger partial charge is 0.367 e. The van der Waals surface area contributed by atoms with Crippen LogP contribution in [0.2, 0.25) is 0 Å². The first-order valence-corrected chi connectivity index (χ1v) is 6.99. The number of hydrogen-bond acceptors (Lipinski definition) is 3. The molecule has 0 bridgehead atoms. The lowest BCUT2D eigenvalue weighted by molar-refractivity contribution is -0.118. The van der Waals surface area contributed by atoms with Crippen molar-refractivity contribution >= 4 is 17.4 Å². The summed E-state index contributed by atoms with van der Waals surface area (Å²) >= 11 is 0. The lowest BCUT2D eigenvalue weighted by Gasteiger charge is -2.30. The molecule has 1 amide bonds. The SMILES string of the molecule is Cc1cnc2c(c1)N(C(=O)Cc1cc(F)ccc1F)CCN2. The molecular weight excluding hydrogens is 288 g/mol. The van der Waals surface area contributed by atoms with Gasteiger partial charge in [0.05, 0.1) is 12.1 Å². The van der Waals surface area contributed by atoms with Gasteiger partial charge in [0.15, 0.2) is 0 Å². The number of pyridine rings is 1. The number of rotatable bonds is 2. The first-order chi connectivity index (χ1) is 10.5. The Hall–Kier alpha value is -2.50. The molecule has 0 spiro atoms. The van der Waals surface area contributed by atoms with Gasteiger partial charge in [-0.25, -0.2) is 13.8 Å². The number of fused-ring (bicyclic) bond motifs is 1. The Morgan fingerprint density at radius 3 is 3.00 bits per heavy atom. The van der Waals surface area contributed by atoms with E-state index < -0.39 is 11.6 Å². The summed E-state index contributed by atoms with van der Waals surface area (Å²) in [5, 5.41) is 3.12. The fourth-order valence-corrected chi connectivity index (χ4v) is 2.50. The number of benzene rings is 1. The highest BCUT2D eigenvalue weighted by molar-refractivity contribution is 5.98. The van der Waals surface area contributed by atoms with E-state index in [1.165, 1.54) is 0 Å². The van der Waals surface area contributed by atoms with Crippen LogP contribution in [0.5, 0.6) is 0 Å². The van der Waals surface area contributed by atoms with Crippen LogP contribution in [0, 0.1) is 18.6 Å². The van der Waals surface area contributed by atoms with Crippen molar-refractivity contribution in [3.05, 3.63) is 53.2 Å². The highest BCUT2D eigenvalue weighted by Crippen LogP contribution is 2.28. The predicted molar refractivity (Wildman–Crippen MR) is 79.9 cm³/mol. The van der Waals surface area contributed by atoms with Gasteiger partial charge < -0.3 is 10.2 Å². The van der Waals surface area contributed by atoms with Gasteiger partial charge in [-0.1, -0.05) is 0 Å². The van der Waals surface area contributed by atoms with Gasteiger partial charge in [-0.05, 0) is 36.8 Å². The molecule has 1 aliphatic heterocycles. The van der Waals surface area contributed by atoms with Crippen LogP contribution in [-0.2, 0) is 11.2 Å². The monoisotopic (exact) mass is 303 g/mol. The van der Waals surface area contributed by atoms with Crippen molar-refractivity contribution in [1.29, 1.82) is 0 Å².